The Balaban J connectivity index is 1.90. The SMILES string of the molecule is Cc1cc(C(C)Nc2ccccc2-c2cccs2)c(C)s1. The number of para-hydroxylation sites is 1. The van der Waals surface area contributed by atoms with E-state index in [1.807, 2.05) is 11.3 Å². The molecule has 0 saturated carbocycles. The lowest BCUT2D eigenvalue weighted by Gasteiger charge is -2.18. The maximum absolute atomic E-state index is 3.68. The Bertz CT molecular complexity index is 726. The zero-order chi connectivity index (χ0) is 14.8. The van der Waals surface area contributed by atoms with E-state index in [1.54, 1.807) is 11.3 Å². The summed E-state index contributed by atoms with van der Waals surface area (Å²) in [6.45, 7) is 6.61. The van der Waals surface area contributed by atoms with Crippen LogP contribution in [0.2, 0.25) is 0 Å². The van der Waals surface area contributed by atoms with Crippen molar-refractivity contribution >= 4 is 28.4 Å². The van der Waals surface area contributed by atoms with Crippen LogP contribution >= 0.6 is 22.7 Å². The van der Waals surface area contributed by atoms with Crippen LogP contribution in [0.3, 0.4) is 0 Å². The minimum atomic E-state index is 0.316. The van der Waals surface area contributed by atoms with Gasteiger partial charge in [0.15, 0.2) is 0 Å². The summed E-state index contributed by atoms with van der Waals surface area (Å²) in [5, 5.41) is 5.81. The number of aryl methyl sites for hydroxylation is 2. The standard InChI is InChI=1S/C18H19NS2/c1-12-11-16(14(3)21-12)13(2)19-17-8-5-4-7-15(17)18-9-6-10-20-18/h4-11,13,19H,1-3H3. The van der Waals surface area contributed by atoms with E-state index < -0.39 is 0 Å². The van der Waals surface area contributed by atoms with Gasteiger partial charge in [-0.05, 0) is 49.9 Å². The van der Waals surface area contributed by atoms with Gasteiger partial charge < -0.3 is 5.32 Å². The van der Waals surface area contributed by atoms with Crippen LogP contribution < -0.4 is 5.32 Å². The zero-order valence-electron chi connectivity index (χ0n) is 12.5. The fraction of sp³-hybridized carbons (Fsp3) is 0.222. The lowest BCUT2D eigenvalue weighted by Crippen LogP contribution is -2.07. The third-order valence-corrected chi connectivity index (χ3v) is 5.52. The molecule has 3 rings (SSSR count). The first-order valence-corrected chi connectivity index (χ1v) is 8.81. The van der Waals surface area contributed by atoms with Gasteiger partial charge in [-0.25, -0.2) is 0 Å². The molecule has 3 heteroatoms. The van der Waals surface area contributed by atoms with Crippen LogP contribution in [-0.2, 0) is 0 Å². The highest BCUT2D eigenvalue weighted by atomic mass is 32.1. The first-order chi connectivity index (χ1) is 10.1. The number of hydrogen-bond donors (Lipinski definition) is 1. The lowest BCUT2D eigenvalue weighted by atomic mass is 10.1. The van der Waals surface area contributed by atoms with Crippen molar-refractivity contribution in [1.82, 2.24) is 0 Å². The molecule has 0 amide bonds. The Morgan fingerprint density at radius 1 is 1.05 bits per heavy atom. The third kappa shape index (κ3) is 3.04. The van der Waals surface area contributed by atoms with E-state index in [-0.39, 0.29) is 0 Å². The predicted octanol–water partition coefficient (Wildman–Crippen LogP) is 6.27. The highest BCUT2D eigenvalue weighted by Crippen LogP contribution is 2.34. The van der Waals surface area contributed by atoms with E-state index in [1.165, 1.54) is 31.4 Å². The molecule has 1 atom stereocenters. The highest BCUT2D eigenvalue weighted by Gasteiger charge is 2.13. The smallest absolute Gasteiger partial charge is 0.0496 e. The predicted molar refractivity (Wildman–Crippen MR) is 95.6 cm³/mol. The molecule has 3 aromatic rings. The van der Waals surface area contributed by atoms with Gasteiger partial charge in [0.1, 0.15) is 0 Å². The van der Waals surface area contributed by atoms with Gasteiger partial charge in [-0.3, -0.25) is 0 Å². The number of thiophene rings is 2. The Morgan fingerprint density at radius 3 is 2.52 bits per heavy atom. The van der Waals surface area contributed by atoms with Crippen molar-refractivity contribution in [2.24, 2.45) is 0 Å². The lowest BCUT2D eigenvalue weighted by molar-refractivity contribution is 0.882. The summed E-state index contributed by atoms with van der Waals surface area (Å²) in [5.74, 6) is 0. The van der Waals surface area contributed by atoms with Crippen molar-refractivity contribution in [3.8, 4) is 10.4 Å². The first kappa shape index (κ1) is 14.4. The van der Waals surface area contributed by atoms with Crippen LogP contribution in [0.1, 0.15) is 28.3 Å². The van der Waals surface area contributed by atoms with Crippen LogP contribution in [0.5, 0.6) is 0 Å². The molecule has 1 aromatic carbocycles. The van der Waals surface area contributed by atoms with Gasteiger partial charge in [0, 0.05) is 31.9 Å². The Morgan fingerprint density at radius 2 is 1.86 bits per heavy atom. The second-order valence-electron chi connectivity index (χ2n) is 5.26. The Labute approximate surface area is 134 Å². The van der Waals surface area contributed by atoms with Gasteiger partial charge in [0.05, 0.1) is 0 Å². The summed E-state index contributed by atoms with van der Waals surface area (Å²) in [6.07, 6.45) is 0. The van der Waals surface area contributed by atoms with Crippen molar-refractivity contribution < 1.29 is 0 Å². The average Bonchev–Trinajstić information content (AvgIpc) is 3.09. The minimum absolute atomic E-state index is 0.316. The molecule has 21 heavy (non-hydrogen) atoms. The fourth-order valence-corrected chi connectivity index (χ4v) is 4.44. The molecule has 1 nitrogen and oxygen atoms in total. The Hall–Kier alpha value is -1.58. The zero-order valence-corrected chi connectivity index (χ0v) is 14.1. The summed E-state index contributed by atoms with van der Waals surface area (Å²) < 4.78 is 0. The number of nitrogens with one attached hydrogen (secondary N) is 1. The summed E-state index contributed by atoms with van der Waals surface area (Å²) in [5.41, 5.74) is 3.89. The molecule has 1 unspecified atom stereocenters. The van der Waals surface area contributed by atoms with Crippen molar-refractivity contribution in [2.75, 3.05) is 5.32 Å². The van der Waals surface area contributed by atoms with Crippen LogP contribution in [-0.4, -0.2) is 0 Å². The minimum Gasteiger partial charge on any atom is -0.378 e. The highest BCUT2D eigenvalue weighted by molar-refractivity contribution is 7.13. The van der Waals surface area contributed by atoms with E-state index in [9.17, 15) is 0 Å². The second kappa shape index (κ2) is 6.04. The van der Waals surface area contributed by atoms with Gasteiger partial charge in [0.25, 0.3) is 0 Å². The first-order valence-electron chi connectivity index (χ1n) is 7.11. The molecule has 0 bridgehead atoms. The quantitative estimate of drug-likeness (QED) is 0.599. The van der Waals surface area contributed by atoms with E-state index in [4.69, 9.17) is 0 Å². The molecule has 1 N–H and O–H groups in total. The average molecular weight is 313 g/mol. The monoisotopic (exact) mass is 313 g/mol. The largest absolute Gasteiger partial charge is 0.378 e. The molecule has 2 heterocycles. The van der Waals surface area contributed by atoms with E-state index in [0.29, 0.717) is 6.04 Å². The molecule has 0 saturated heterocycles. The Kier molecular flexibility index (Phi) is 4.13. The van der Waals surface area contributed by atoms with Gasteiger partial charge >= 0.3 is 0 Å². The van der Waals surface area contributed by atoms with Gasteiger partial charge in [0.2, 0.25) is 0 Å². The fourth-order valence-electron chi connectivity index (χ4n) is 2.65. The molecule has 0 fully saturated rings. The number of rotatable bonds is 4. The number of benzene rings is 1. The molecule has 108 valence electrons. The maximum atomic E-state index is 3.68. The van der Waals surface area contributed by atoms with E-state index in [2.05, 4.69) is 73.9 Å². The number of hydrogen-bond acceptors (Lipinski definition) is 3. The molecule has 0 spiro atoms. The van der Waals surface area contributed by atoms with Gasteiger partial charge in [-0.15, -0.1) is 22.7 Å². The van der Waals surface area contributed by atoms with Crippen LogP contribution in [0, 0.1) is 13.8 Å². The van der Waals surface area contributed by atoms with Crippen LogP contribution in [0.15, 0.2) is 47.8 Å². The summed E-state index contributed by atoms with van der Waals surface area (Å²) in [7, 11) is 0. The molecule has 2 aromatic heterocycles. The van der Waals surface area contributed by atoms with Crippen LogP contribution in [0.4, 0.5) is 5.69 Å². The normalized spacial score (nSPS) is 12.3. The van der Waals surface area contributed by atoms with Crippen molar-refractivity contribution in [1.29, 1.82) is 0 Å². The van der Waals surface area contributed by atoms with Crippen LogP contribution in [0.25, 0.3) is 10.4 Å². The van der Waals surface area contributed by atoms with Crippen molar-refractivity contribution in [2.45, 2.75) is 26.8 Å². The van der Waals surface area contributed by atoms with Crippen molar-refractivity contribution in [3.63, 3.8) is 0 Å². The molecule has 0 aliphatic rings. The number of anilines is 1. The van der Waals surface area contributed by atoms with E-state index in [0.717, 1.165) is 0 Å². The second-order valence-corrected chi connectivity index (χ2v) is 7.67. The summed E-state index contributed by atoms with van der Waals surface area (Å²) >= 11 is 3.65. The van der Waals surface area contributed by atoms with Crippen molar-refractivity contribution in [3.05, 3.63) is 63.2 Å². The third-order valence-electron chi connectivity index (χ3n) is 3.63. The molecular weight excluding hydrogens is 294 g/mol. The topological polar surface area (TPSA) is 12.0 Å². The molecule has 0 aliphatic heterocycles. The van der Waals surface area contributed by atoms with Gasteiger partial charge in [-0.2, -0.15) is 0 Å². The molecular formula is C18H19NS2. The summed E-state index contributed by atoms with van der Waals surface area (Å²) in [4.78, 5) is 4.09. The van der Waals surface area contributed by atoms with E-state index >= 15 is 0 Å². The molecule has 0 aliphatic carbocycles. The van der Waals surface area contributed by atoms with Gasteiger partial charge in [-0.1, -0.05) is 24.3 Å². The maximum Gasteiger partial charge on any atom is 0.0496 e. The summed E-state index contributed by atoms with van der Waals surface area (Å²) in [6, 6.07) is 15.4. The molecule has 0 radical (unpaired) electrons.